The van der Waals surface area contributed by atoms with Crippen LogP contribution in [0.4, 0.5) is 15.8 Å². The molecular formula is C17H21FN2. The fraction of sp³-hybridized carbons (Fsp3) is 0.294. The molecule has 2 nitrogen and oxygen atoms in total. The maximum atomic E-state index is 13.3. The van der Waals surface area contributed by atoms with Crippen molar-refractivity contribution in [1.29, 1.82) is 0 Å². The van der Waals surface area contributed by atoms with Crippen LogP contribution in [0.15, 0.2) is 42.5 Å². The molecule has 20 heavy (non-hydrogen) atoms. The second-order valence-electron chi connectivity index (χ2n) is 5.31. The van der Waals surface area contributed by atoms with Crippen molar-refractivity contribution in [2.24, 2.45) is 0 Å². The van der Waals surface area contributed by atoms with E-state index in [1.807, 2.05) is 21.0 Å². The zero-order chi connectivity index (χ0) is 14.7. The van der Waals surface area contributed by atoms with E-state index in [1.165, 1.54) is 17.3 Å². The van der Waals surface area contributed by atoms with Crippen molar-refractivity contribution in [2.45, 2.75) is 19.9 Å². The van der Waals surface area contributed by atoms with Crippen molar-refractivity contribution < 1.29 is 4.39 Å². The van der Waals surface area contributed by atoms with Gasteiger partial charge >= 0.3 is 0 Å². The zero-order valence-corrected chi connectivity index (χ0v) is 12.4. The van der Waals surface area contributed by atoms with Crippen molar-refractivity contribution in [1.82, 2.24) is 0 Å². The summed E-state index contributed by atoms with van der Waals surface area (Å²) in [5, 5.41) is 3.36. The number of aryl methyl sites for hydroxylation is 1. The van der Waals surface area contributed by atoms with Gasteiger partial charge in [-0.05, 0) is 49.2 Å². The Morgan fingerprint density at radius 2 is 1.70 bits per heavy atom. The molecule has 0 radical (unpaired) electrons. The largest absolute Gasteiger partial charge is 0.378 e. The molecule has 2 aromatic carbocycles. The lowest BCUT2D eigenvalue weighted by molar-refractivity contribution is 0.627. The second-order valence-corrected chi connectivity index (χ2v) is 5.31. The molecule has 0 amide bonds. The lowest BCUT2D eigenvalue weighted by Gasteiger charge is -2.19. The van der Waals surface area contributed by atoms with E-state index < -0.39 is 0 Å². The molecule has 0 spiro atoms. The van der Waals surface area contributed by atoms with E-state index in [-0.39, 0.29) is 11.9 Å². The molecule has 0 saturated heterocycles. The lowest BCUT2D eigenvalue weighted by Crippen LogP contribution is -2.10. The van der Waals surface area contributed by atoms with Gasteiger partial charge in [0.2, 0.25) is 0 Å². The standard InChI is InChI=1S/C17H21FN2/c1-12-5-8-15(18)11-17(12)19-13(2)14-6-9-16(10-7-14)20(3)4/h5-11,13,19H,1-4H3. The van der Waals surface area contributed by atoms with Crippen LogP contribution in [0.1, 0.15) is 24.1 Å². The minimum atomic E-state index is -0.215. The predicted octanol–water partition coefficient (Wildman–Crippen LogP) is 4.37. The molecule has 0 bridgehead atoms. The van der Waals surface area contributed by atoms with Crippen LogP contribution in [0.5, 0.6) is 0 Å². The van der Waals surface area contributed by atoms with Crippen LogP contribution in [-0.4, -0.2) is 14.1 Å². The van der Waals surface area contributed by atoms with Gasteiger partial charge in [0, 0.05) is 31.5 Å². The van der Waals surface area contributed by atoms with E-state index in [2.05, 4.69) is 41.4 Å². The number of hydrogen-bond acceptors (Lipinski definition) is 2. The predicted molar refractivity (Wildman–Crippen MR) is 83.9 cm³/mol. The highest BCUT2D eigenvalue weighted by Gasteiger charge is 2.08. The maximum absolute atomic E-state index is 13.3. The number of benzene rings is 2. The molecular weight excluding hydrogens is 251 g/mol. The van der Waals surface area contributed by atoms with Gasteiger partial charge in [0.05, 0.1) is 0 Å². The summed E-state index contributed by atoms with van der Waals surface area (Å²) < 4.78 is 13.3. The summed E-state index contributed by atoms with van der Waals surface area (Å²) in [5.41, 5.74) is 4.24. The third-order valence-electron chi connectivity index (χ3n) is 3.48. The summed E-state index contributed by atoms with van der Waals surface area (Å²) in [6.07, 6.45) is 0. The molecule has 0 heterocycles. The molecule has 106 valence electrons. The Labute approximate surface area is 120 Å². The second kappa shape index (κ2) is 5.95. The Morgan fingerprint density at radius 3 is 2.30 bits per heavy atom. The van der Waals surface area contributed by atoms with Crippen LogP contribution in [-0.2, 0) is 0 Å². The van der Waals surface area contributed by atoms with Crippen molar-refractivity contribution in [3.8, 4) is 0 Å². The van der Waals surface area contributed by atoms with Crippen LogP contribution in [0.3, 0.4) is 0 Å². The van der Waals surface area contributed by atoms with E-state index in [0.717, 1.165) is 11.3 Å². The first kappa shape index (κ1) is 14.4. The number of nitrogens with one attached hydrogen (secondary N) is 1. The van der Waals surface area contributed by atoms with Crippen molar-refractivity contribution in [3.63, 3.8) is 0 Å². The fourth-order valence-electron chi connectivity index (χ4n) is 2.13. The average molecular weight is 272 g/mol. The highest BCUT2D eigenvalue weighted by Crippen LogP contribution is 2.24. The Kier molecular flexibility index (Phi) is 4.28. The Morgan fingerprint density at radius 1 is 1.05 bits per heavy atom. The van der Waals surface area contributed by atoms with Gasteiger partial charge in [-0.15, -0.1) is 0 Å². The Bertz CT molecular complexity index is 576. The Hall–Kier alpha value is -2.03. The first-order valence-corrected chi connectivity index (χ1v) is 6.77. The fourth-order valence-corrected chi connectivity index (χ4v) is 2.13. The molecule has 0 aliphatic carbocycles. The highest BCUT2D eigenvalue weighted by molar-refractivity contribution is 5.53. The molecule has 0 fully saturated rings. The first-order chi connectivity index (χ1) is 9.47. The monoisotopic (exact) mass is 272 g/mol. The van der Waals surface area contributed by atoms with E-state index in [1.54, 1.807) is 12.1 Å². The number of halogens is 1. The van der Waals surface area contributed by atoms with Crippen LogP contribution in [0.2, 0.25) is 0 Å². The van der Waals surface area contributed by atoms with Gasteiger partial charge in [0.25, 0.3) is 0 Å². The highest BCUT2D eigenvalue weighted by atomic mass is 19.1. The van der Waals surface area contributed by atoms with Gasteiger partial charge in [-0.2, -0.15) is 0 Å². The molecule has 0 aromatic heterocycles. The third-order valence-corrected chi connectivity index (χ3v) is 3.48. The van der Waals surface area contributed by atoms with Crippen molar-refractivity contribution >= 4 is 11.4 Å². The molecule has 1 N–H and O–H groups in total. The van der Waals surface area contributed by atoms with Crippen LogP contribution in [0.25, 0.3) is 0 Å². The maximum Gasteiger partial charge on any atom is 0.125 e. The topological polar surface area (TPSA) is 15.3 Å². The first-order valence-electron chi connectivity index (χ1n) is 6.77. The Balaban J connectivity index is 2.15. The van der Waals surface area contributed by atoms with E-state index in [0.29, 0.717) is 0 Å². The minimum Gasteiger partial charge on any atom is -0.378 e. The van der Waals surface area contributed by atoms with Gasteiger partial charge < -0.3 is 10.2 Å². The van der Waals surface area contributed by atoms with Gasteiger partial charge in [-0.25, -0.2) is 4.39 Å². The van der Waals surface area contributed by atoms with Crippen molar-refractivity contribution in [2.75, 3.05) is 24.3 Å². The molecule has 3 heteroatoms. The molecule has 0 aliphatic rings. The molecule has 0 saturated carbocycles. The van der Waals surface area contributed by atoms with Crippen molar-refractivity contribution in [3.05, 3.63) is 59.4 Å². The number of anilines is 2. The minimum absolute atomic E-state index is 0.131. The SMILES string of the molecule is Cc1ccc(F)cc1NC(C)c1ccc(N(C)C)cc1. The van der Waals surface area contributed by atoms with Crippen LogP contribution >= 0.6 is 0 Å². The van der Waals surface area contributed by atoms with Crippen LogP contribution in [0, 0.1) is 12.7 Å². The summed E-state index contributed by atoms with van der Waals surface area (Å²) >= 11 is 0. The average Bonchev–Trinajstić information content (AvgIpc) is 2.43. The molecule has 2 rings (SSSR count). The van der Waals surface area contributed by atoms with E-state index >= 15 is 0 Å². The summed E-state index contributed by atoms with van der Waals surface area (Å²) in [5.74, 6) is -0.215. The van der Waals surface area contributed by atoms with Gasteiger partial charge in [-0.1, -0.05) is 18.2 Å². The summed E-state index contributed by atoms with van der Waals surface area (Å²) in [6.45, 7) is 4.05. The smallest absolute Gasteiger partial charge is 0.125 e. The van der Waals surface area contributed by atoms with Crippen LogP contribution < -0.4 is 10.2 Å². The number of hydrogen-bond donors (Lipinski definition) is 1. The van der Waals surface area contributed by atoms with E-state index in [9.17, 15) is 4.39 Å². The zero-order valence-electron chi connectivity index (χ0n) is 12.4. The summed E-state index contributed by atoms with van der Waals surface area (Å²) in [7, 11) is 4.04. The molecule has 1 atom stereocenters. The summed E-state index contributed by atoms with van der Waals surface area (Å²) in [4.78, 5) is 2.07. The van der Waals surface area contributed by atoms with E-state index in [4.69, 9.17) is 0 Å². The van der Waals surface area contributed by atoms with Gasteiger partial charge in [0.1, 0.15) is 5.82 Å². The number of nitrogens with zero attached hydrogens (tertiary/aromatic N) is 1. The summed E-state index contributed by atoms with van der Waals surface area (Å²) in [6, 6.07) is 13.3. The normalized spacial score (nSPS) is 12.1. The third kappa shape index (κ3) is 3.29. The molecule has 1 unspecified atom stereocenters. The number of rotatable bonds is 4. The quantitative estimate of drug-likeness (QED) is 0.889. The molecule has 2 aromatic rings. The van der Waals surface area contributed by atoms with Gasteiger partial charge in [-0.3, -0.25) is 0 Å². The van der Waals surface area contributed by atoms with Gasteiger partial charge in [0.15, 0.2) is 0 Å². The lowest BCUT2D eigenvalue weighted by atomic mass is 10.1. The molecule has 0 aliphatic heterocycles.